The number of furan rings is 1. The fourth-order valence-corrected chi connectivity index (χ4v) is 2.58. The van der Waals surface area contributed by atoms with E-state index < -0.39 is 15.8 Å². The first-order chi connectivity index (χ1) is 9.82. The Morgan fingerprint density at radius 1 is 1.29 bits per heavy atom. The van der Waals surface area contributed by atoms with Crippen LogP contribution in [0.5, 0.6) is 0 Å². The number of benzene rings is 1. The van der Waals surface area contributed by atoms with E-state index in [1.54, 1.807) is 6.07 Å². The van der Waals surface area contributed by atoms with Gasteiger partial charge in [0.15, 0.2) is 5.82 Å². The van der Waals surface area contributed by atoms with Crippen molar-refractivity contribution in [2.75, 3.05) is 19.4 Å². The summed E-state index contributed by atoms with van der Waals surface area (Å²) in [6.07, 6.45) is 0. The van der Waals surface area contributed by atoms with Crippen molar-refractivity contribution in [1.29, 1.82) is 0 Å². The highest BCUT2D eigenvalue weighted by Gasteiger charge is 2.21. The molecule has 1 aromatic heterocycles. The molecule has 1 N–H and O–H groups in total. The summed E-state index contributed by atoms with van der Waals surface area (Å²) in [5.74, 6) is -0.193. The summed E-state index contributed by atoms with van der Waals surface area (Å²) in [4.78, 5) is 0. The minimum absolute atomic E-state index is 0.00956. The summed E-state index contributed by atoms with van der Waals surface area (Å²) in [5.41, 5.74) is 0.218. The van der Waals surface area contributed by atoms with E-state index in [4.69, 9.17) is 16.0 Å². The zero-order valence-corrected chi connectivity index (χ0v) is 13.0. The number of halogens is 2. The minimum Gasteiger partial charge on any atom is -0.446 e. The molecule has 0 atom stereocenters. The Morgan fingerprint density at radius 2 is 2.00 bits per heavy atom. The third kappa shape index (κ3) is 3.37. The number of nitrogens with one attached hydrogen (secondary N) is 1. The molecule has 0 bridgehead atoms. The molecule has 0 aliphatic rings. The van der Waals surface area contributed by atoms with Crippen LogP contribution in [0.3, 0.4) is 0 Å². The van der Waals surface area contributed by atoms with E-state index in [-0.39, 0.29) is 22.3 Å². The first-order valence-corrected chi connectivity index (χ1v) is 7.83. The second-order valence-corrected chi connectivity index (χ2v) is 6.95. The first-order valence-electron chi connectivity index (χ1n) is 6.01. The fourth-order valence-electron chi connectivity index (χ4n) is 1.59. The summed E-state index contributed by atoms with van der Waals surface area (Å²) in [5, 5.41) is 2.66. The molecule has 5 nitrogen and oxygen atoms in total. The van der Waals surface area contributed by atoms with Crippen LogP contribution in [0.2, 0.25) is 5.02 Å². The summed E-state index contributed by atoms with van der Waals surface area (Å²) in [6.45, 7) is 0.139. The van der Waals surface area contributed by atoms with Crippen molar-refractivity contribution >= 4 is 27.3 Å². The van der Waals surface area contributed by atoms with Crippen LogP contribution in [0.25, 0.3) is 0 Å². The van der Waals surface area contributed by atoms with E-state index in [0.29, 0.717) is 5.76 Å². The molecule has 2 rings (SSSR count). The number of rotatable bonds is 5. The molecule has 0 spiro atoms. The fraction of sp³-hybridized carbons (Fsp3) is 0.231. The van der Waals surface area contributed by atoms with E-state index in [1.165, 1.54) is 38.4 Å². The zero-order chi connectivity index (χ0) is 15.6. The van der Waals surface area contributed by atoms with Gasteiger partial charge in [0.1, 0.15) is 5.76 Å². The Labute approximate surface area is 127 Å². The van der Waals surface area contributed by atoms with Crippen LogP contribution in [0.15, 0.2) is 39.8 Å². The molecule has 0 radical (unpaired) electrons. The third-order valence-electron chi connectivity index (χ3n) is 2.78. The van der Waals surface area contributed by atoms with Gasteiger partial charge in [-0.1, -0.05) is 17.7 Å². The van der Waals surface area contributed by atoms with E-state index in [9.17, 15) is 12.8 Å². The van der Waals surface area contributed by atoms with Gasteiger partial charge in [-0.25, -0.2) is 17.1 Å². The molecular weight excluding hydrogens is 319 g/mol. The summed E-state index contributed by atoms with van der Waals surface area (Å²) in [6, 6.07) is 7.46. The molecule has 0 saturated heterocycles. The van der Waals surface area contributed by atoms with Crippen molar-refractivity contribution in [2.45, 2.75) is 11.6 Å². The standard InChI is InChI=1S/C13H14ClFN2O3S/c1-17(2)21(18,19)12-7-6-9(20-12)8-16-11-5-3-4-10(14)13(11)15/h3-7,16H,8H2,1-2H3. The van der Waals surface area contributed by atoms with Crippen LogP contribution in [0, 0.1) is 5.82 Å². The lowest BCUT2D eigenvalue weighted by molar-refractivity contribution is 0.402. The van der Waals surface area contributed by atoms with Crippen molar-refractivity contribution in [3.05, 3.63) is 46.9 Å². The SMILES string of the molecule is CN(C)S(=O)(=O)c1ccc(CNc2cccc(Cl)c2F)o1. The Balaban J connectivity index is 2.12. The van der Waals surface area contributed by atoms with Gasteiger partial charge in [-0.2, -0.15) is 0 Å². The van der Waals surface area contributed by atoms with Crippen molar-refractivity contribution < 1.29 is 17.2 Å². The van der Waals surface area contributed by atoms with Crippen LogP contribution < -0.4 is 5.32 Å². The van der Waals surface area contributed by atoms with Crippen LogP contribution in [0.1, 0.15) is 5.76 Å². The normalized spacial score (nSPS) is 11.9. The van der Waals surface area contributed by atoms with Gasteiger partial charge in [0.25, 0.3) is 10.0 Å². The third-order valence-corrected chi connectivity index (χ3v) is 4.76. The van der Waals surface area contributed by atoms with Gasteiger partial charge in [-0.15, -0.1) is 0 Å². The molecule has 0 saturated carbocycles. The predicted molar refractivity (Wildman–Crippen MR) is 78.3 cm³/mol. The van der Waals surface area contributed by atoms with E-state index in [1.807, 2.05) is 0 Å². The lowest BCUT2D eigenvalue weighted by Crippen LogP contribution is -2.21. The molecule has 0 fully saturated rings. The molecule has 2 aromatic rings. The van der Waals surface area contributed by atoms with Crippen LogP contribution in [-0.2, 0) is 16.6 Å². The minimum atomic E-state index is -3.61. The van der Waals surface area contributed by atoms with Gasteiger partial charge >= 0.3 is 0 Å². The van der Waals surface area contributed by atoms with Crippen molar-refractivity contribution in [2.24, 2.45) is 0 Å². The second kappa shape index (κ2) is 6.05. The molecule has 0 amide bonds. The van der Waals surface area contributed by atoms with Crippen LogP contribution in [0.4, 0.5) is 10.1 Å². The monoisotopic (exact) mass is 332 g/mol. The quantitative estimate of drug-likeness (QED) is 0.914. The van der Waals surface area contributed by atoms with Crippen LogP contribution in [-0.4, -0.2) is 26.8 Å². The molecule has 1 aromatic carbocycles. The molecule has 114 valence electrons. The highest BCUT2D eigenvalue weighted by atomic mass is 35.5. The van der Waals surface area contributed by atoms with Gasteiger partial charge in [0, 0.05) is 14.1 Å². The summed E-state index contributed by atoms with van der Waals surface area (Å²) >= 11 is 5.67. The highest BCUT2D eigenvalue weighted by Crippen LogP contribution is 2.23. The van der Waals surface area contributed by atoms with Gasteiger partial charge in [0.2, 0.25) is 5.09 Å². The lowest BCUT2D eigenvalue weighted by Gasteiger charge is -2.08. The van der Waals surface area contributed by atoms with Gasteiger partial charge in [0.05, 0.1) is 17.3 Å². The summed E-state index contributed by atoms with van der Waals surface area (Å²) in [7, 11) is -0.783. The molecule has 0 aliphatic carbocycles. The Hall–Kier alpha value is -1.57. The smallest absolute Gasteiger partial charge is 0.275 e. The van der Waals surface area contributed by atoms with E-state index in [0.717, 1.165) is 4.31 Å². The maximum atomic E-state index is 13.7. The molecule has 0 unspecified atom stereocenters. The van der Waals surface area contributed by atoms with Crippen molar-refractivity contribution in [1.82, 2.24) is 4.31 Å². The molecule has 8 heteroatoms. The maximum Gasteiger partial charge on any atom is 0.275 e. The van der Waals surface area contributed by atoms with E-state index in [2.05, 4.69) is 5.32 Å². The highest BCUT2D eigenvalue weighted by molar-refractivity contribution is 7.88. The Bertz CT molecular complexity index is 744. The average Bonchev–Trinajstić information content (AvgIpc) is 2.90. The van der Waals surface area contributed by atoms with Crippen LogP contribution >= 0.6 is 11.6 Å². The van der Waals surface area contributed by atoms with Gasteiger partial charge in [-0.3, -0.25) is 0 Å². The number of nitrogens with zero attached hydrogens (tertiary/aromatic N) is 1. The van der Waals surface area contributed by atoms with Crippen molar-refractivity contribution in [3.63, 3.8) is 0 Å². The van der Waals surface area contributed by atoms with E-state index >= 15 is 0 Å². The predicted octanol–water partition coefficient (Wildman–Crippen LogP) is 2.93. The average molecular weight is 333 g/mol. The second-order valence-electron chi connectivity index (χ2n) is 4.46. The van der Waals surface area contributed by atoms with Crippen molar-refractivity contribution in [3.8, 4) is 0 Å². The Morgan fingerprint density at radius 3 is 2.67 bits per heavy atom. The topological polar surface area (TPSA) is 62.6 Å². The molecule has 1 heterocycles. The van der Waals surface area contributed by atoms with Gasteiger partial charge in [-0.05, 0) is 24.3 Å². The number of hydrogen-bond donors (Lipinski definition) is 1. The zero-order valence-electron chi connectivity index (χ0n) is 11.4. The number of sulfonamides is 1. The lowest BCUT2D eigenvalue weighted by atomic mass is 10.3. The number of hydrogen-bond acceptors (Lipinski definition) is 4. The molecule has 21 heavy (non-hydrogen) atoms. The number of anilines is 1. The molecular formula is C13H14ClFN2O3S. The largest absolute Gasteiger partial charge is 0.446 e. The first kappa shape index (κ1) is 15.8. The Kier molecular flexibility index (Phi) is 4.55. The van der Waals surface area contributed by atoms with Gasteiger partial charge < -0.3 is 9.73 Å². The molecule has 0 aliphatic heterocycles. The maximum absolute atomic E-state index is 13.7. The summed E-state index contributed by atoms with van der Waals surface area (Å²) < 4.78 is 43.7.